The Hall–Kier alpha value is -1.26. The van der Waals surface area contributed by atoms with E-state index in [2.05, 4.69) is 5.92 Å². The molecule has 1 atom stereocenters. The minimum Gasteiger partial charge on any atom is -0.389 e. The Bertz CT molecular complexity index is 201. The van der Waals surface area contributed by atoms with E-state index in [9.17, 15) is 0 Å². The number of rotatable bonds is 3. The fourth-order valence-electron chi connectivity index (χ4n) is 0.464. The molecule has 0 aliphatic heterocycles. The maximum absolute atomic E-state index is 8.78. The lowest BCUT2D eigenvalue weighted by Crippen LogP contribution is -1.90. The molecule has 0 fully saturated rings. The highest BCUT2D eigenvalue weighted by atomic mass is 16.3. The molecule has 0 bridgehead atoms. The second kappa shape index (κ2) is 6.85. The van der Waals surface area contributed by atoms with E-state index >= 15 is 0 Å². The Morgan fingerprint density at radius 2 is 1.91 bits per heavy atom. The summed E-state index contributed by atoms with van der Waals surface area (Å²) < 4.78 is 0. The van der Waals surface area contributed by atoms with Crippen LogP contribution in [0, 0.1) is 12.3 Å². The van der Waals surface area contributed by atoms with Gasteiger partial charge < -0.3 is 5.11 Å². The van der Waals surface area contributed by atoms with Crippen LogP contribution >= 0.6 is 0 Å². The largest absolute Gasteiger partial charge is 0.389 e. The number of allylic oxidation sites excluding steroid dienone is 5. The molecule has 0 saturated carbocycles. The molecule has 1 unspecified atom stereocenters. The SMILES string of the molecule is C#C/C=C/C=C/C=C/C(C)O. The standard InChI is InChI=1S/C10H12O/c1-3-4-5-6-7-8-9-10(2)11/h1,4-11H,2H3/b5-4+,7-6+,9-8+. The van der Waals surface area contributed by atoms with Crippen LogP contribution in [0.5, 0.6) is 0 Å². The van der Waals surface area contributed by atoms with Crippen LogP contribution in [-0.2, 0) is 0 Å². The maximum atomic E-state index is 8.78. The molecule has 0 aliphatic carbocycles. The lowest BCUT2D eigenvalue weighted by atomic mass is 10.3. The highest BCUT2D eigenvalue weighted by Gasteiger charge is 1.79. The summed E-state index contributed by atoms with van der Waals surface area (Å²) in [6.45, 7) is 1.70. The summed E-state index contributed by atoms with van der Waals surface area (Å²) in [6.07, 6.45) is 15.0. The molecule has 0 amide bonds. The molecule has 1 nitrogen and oxygen atoms in total. The molecule has 0 aromatic rings. The lowest BCUT2D eigenvalue weighted by molar-refractivity contribution is 0.244. The Labute approximate surface area is 67.7 Å². The molecular weight excluding hydrogens is 136 g/mol. The third kappa shape index (κ3) is 8.74. The smallest absolute Gasteiger partial charge is 0.0695 e. The van der Waals surface area contributed by atoms with E-state index in [0.717, 1.165) is 0 Å². The van der Waals surface area contributed by atoms with Crippen LogP contribution in [0.1, 0.15) is 6.92 Å². The Morgan fingerprint density at radius 3 is 2.45 bits per heavy atom. The summed E-state index contributed by atoms with van der Waals surface area (Å²) in [7, 11) is 0. The summed E-state index contributed by atoms with van der Waals surface area (Å²) in [5.41, 5.74) is 0. The third-order valence-electron chi connectivity index (χ3n) is 0.915. The van der Waals surface area contributed by atoms with Crippen molar-refractivity contribution in [1.82, 2.24) is 0 Å². The van der Waals surface area contributed by atoms with Gasteiger partial charge in [-0.05, 0) is 13.0 Å². The monoisotopic (exact) mass is 148 g/mol. The van der Waals surface area contributed by atoms with E-state index in [1.165, 1.54) is 0 Å². The highest BCUT2D eigenvalue weighted by molar-refractivity contribution is 5.18. The summed E-state index contributed by atoms with van der Waals surface area (Å²) >= 11 is 0. The van der Waals surface area contributed by atoms with Crippen molar-refractivity contribution in [3.8, 4) is 12.3 Å². The topological polar surface area (TPSA) is 20.2 Å². The molecule has 1 N–H and O–H groups in total. The molecule has 0 aromatic heterocycles. The van der Waals surface area contributed by atoms with Crippen LogP contribution in [0.3, 0.4) is 0 Å². The van der Waals surface area contributed by atoms with Crippen molar-refractivity contribution in [1.29, 1.82) is 0 Å². The number of hydrogen-bond donors (Lipinski definition) is 1. The lowest BCUT2D eigenvalue weighted by Gasteiger charge is -1.88. The summed E-state index contributed by atoms with van der Waals surface area (Å²) in [6, 6.07) is 0. The number of terminal acetylenes is 1. The first-order valence-electron chi connectivity index (χ1n) is 3.41. The number of hydrogen-bond acceptors (Lipinski definition) is 1. The molecular formula is C10H12O. The van der Waals surface area contributed by atoms with E-state index in [4.69, 9.17) is 11.5 Å². The van der Waals surface area contributed by atoms with Gasteiger partial charge in [-0.1, -0.05) is 36.3 Å². The van der Waals surface area contributed by atoms with Gasteiger partial charge in [-0.2, -0.15) is 0 Å². The fourth-order valence-corrected chi connectivity index (χ4v) is 0.464. The van der Waals surface area contributed by atoms with Gasteiger partial charge in [0.1, 0.15) is 0 Å². The van der Waals surface area contributed by atoms with E-state index in [0.29, 0.717) is 0 Å². The van der Waals surface area contributed by atoms with Crippen molar-refractivity contribution >= 4 is 0 Å². The normalized spacial score (nSPS) is 14.6. The molecule has 0 aromatic carbocycles. The first kappa shape index (κ1) is 9.74. The van der Waals surface area contributed by atoms with E-state index in [-0.39, 0.29) is 0 Å². The minimum atomic E-state index is -0.392. The molecule has 0 spiro atoms. The van der Waals surface area contributed by atoms with E-state index in [1.54, 1.807) is 43.4 Å². The van der Waals surface area contributed by atoms with Gasteiger partial charge in [0, 0.05) is 0 Å². The zero-order valence-electron chi connectivity index (χ0n) is 6.57. The molecule has 0 rings (SSSR count). The zero-order valence-corrected chi connectivity index (χ0v) is 6.57. The maximum Gasteiger partial charge on any atom is 0.0695 e. The molecule has 1 heteroatoms. The number of aliphatic hydroxyl groups is 1. The van der Waals surface area contributed by atoms with Gasteiger partial charge in [-0.15, -0.1) is 6.42 Å². The Kier molecular flexibility index (Phi) is 6.07. The predicted molar refractivity (Wildman–Crippen MR) is 47.9 cm³/mol. The van der Waals surface area contributed by atoms with Gasteiger partial charge >= 0.3 is 0 Å². The van der Waals surface area contributed by atoms with Crippen molar-refractivity contribution in [3.05, 3.63) is 36.5 Å². The number of aliphatic hydroxyl groups excluding tert-OH is 1. The Morgan fingerprint density at radius 1 is 1.27 bits per heavy atom. The van der Waals surface area contributed by atoms with E-state index < -0.39 is 6.10 Å². The van der Waals surface area contributed by atoms with Crippen molar-refractivity contribution in [2.24, 2.45) is 0 Å². The first-order chi connectivity index (χ1) is 5.27. The van der Waals surface area contributed by atoms with Crippen LogP contribution in [-0.4, -0.2) is 11.2 Å². The van der Waals surface area contributed by atoms with Crippen molar-refractivity contribution in [2.75, 3.05) is 0 Å². The van der Waals surface area contributed by atoms with Crippen LogP contribution in [0.2, 0.25) is 0 Å². The predicted octanol–water partition coefficient (Wildman–Crippen LogP) is 1.67. The minimum absolute atomic E-state index is 0.392. The molecule has 58 valence electrons. The Balaban J connectivity index is 3.62. The van der Waals surface area contributed by atoms with Gasteiger partial charge in [0.05, 0.1) is 6.10 Å². The van der Waals surface area contributed by atoms with Crippen LogP contribution in [0.25, 0.3) is 0 Å². The highest BCUT2D eigenvalue weighted by Crippen LogP contribution is 1.84. The molecule has 0 heterocycles. The van der Waals surface area contributed by atoms with Crippen molar-refractivity contribution in [2.45, 2.75) is 13.0 Å². The van der Waals surface area contributed by atoms with Gasteiger partial charge in [0.2, 0.25) is 0 Å². The van der Waals surface area contributed by atoms with Gasteiger partial charge in [-0.25, -0.2) is 0 Å². The molecule has 0 saturated heterocycles. The van der Waals surface area contributed by atoms with Crippen molar-refractivity contribution < 1.29 is 5.11 Å². The first-order valence-corrected chi connectivity index (χ1v) is 3.41. The van der Waals surface area contributed by atoms with Gasteiger partial charge in [0.25, 0.3) is 0 Å². The second-order valence-electron chi connectivity index (χ2n) is 2.04. The quantitative estimate of drug-likeness (QED) is 0.477. The van der Waals surface area contributed by atoms with Crippen LogP contribution in [0.15, 0.2) is 36.5 Å². The summed E-state index contributed by atoms with van der Waals surface area (Å²) in [5.74, 6) is 2.36. The molecule has 11 heavy (non-hydrogen) atoms. The summed E-state index contributed by atoms with van der Waals surface area (Å²) in [5, 5.41) is 8.78. The third-order valence-corrected chi connectivity index (χ3v) is 0.915. The molecule has 0 radical (unpaired) electrons. The average molecular weight is 148 g/mol. The van der Waals surface area contributed by atoms with Crippen LogP contribution in [0.4, 0.5) is 0 Å². The van der Waals surface area contributed by atoms with Gasteiger partial charge in [0.15, 0.2) is 0 Å². The summed E-state index contributed by atoms with van der Waals surface area (Å²) in [4.78, 5) is 0. The second-order valence-corrected chi connectivity index (χ2v) is 2.04. The average Bonchev–Trinajstić information content (AvgIpc) is 1.96. The zero-order chi connectivity index (χ0) is 8.53. The van der Waals surface area contributed by atoms with E-state index in [1.807, 2.05) is 0 Å². The fraction of sp³-hybridized carbons (Fsp3) is 0.200. The molecule has 0 aliphatic rings. The van der Waals surface area contributed by atoms with Gasteiger partial charge in [-0.3, -0.25) is 0 Å². The van der Waals surface area contributed by atoms with Crippen molar-refractivity contribution in [3.63, 3.8) is 0 Å². The van der Waals surface area contributed by atoms with Crippen LogP contribution < -0.4 is 0 Å².